The molecule has 6 unspecified atom stereocenters. The van der Waals surface area contributed by atoms with Gasteiger partial charge in [0.25, 0.3) is 11.8 Å². The summed E-state index contributed by atoms with van der Waals surface area (Å²) in [6.45, 7) is 10.9. The second-order valence-corrected chi connectivity index (χ2v) is 28.8. The minimum absolute atomic E-state index is 0.119. The summed E-state index contributed by atoms with van der Waals surface area (Å²) in [4.78, 5) is 144. The summed E-state index contributed by atoms with van der Waals surface area (Å²) in [6.07, 6.45) is 4.51. The summed E-state index contributed by atoms with van der Waals surface area (Å²) in [5.41, 5.74) is 1.59. The second kappa shape index (κ2) is 35.7. The maximum atomic E-state index is 14.2. The maximum absolute atomic E-state index is 14.2. The highest BCUT2D eigenvalue weighted by Gasteiger charge is 2.56. The monoisotopic (exact) mass is 1470 g/mol. The Hall–Kier alpha value is -8.72. The third kappa shape index (κ3) is 19.1. The molecule has 2 aromatic carbocycles. The van der Waals surface area contributed by atoms with Crippen LogP contribution in [-0.4, -0.2) is 264 Å². The molecule has 10 rings (SSSR count). The topological polar surface area (TPSA) is 408 Å². The molecule has 4 fully saturated rings. The van der Waals surface area contributed by atoms with E-state index in [2.05, 4.69) is 72.8 Å². The predicted molar refractivity (Wildman–Crippen MR) is 372 cm³/mol. The van der Waals surface area contributed by atoms with Gasteiger partial charge >= 0.3 is 36.2 Å². The van der Waals surface area contributed by atoms with E-state index in [1.54, 1.807) is 48.2 Å². The Morgan fingerprint density at radius 3 is 1.24 bits per heavy atom. The molecule has 38 heteroatoms. The summed E-state index contributed by atoms with van der Waals surface area (Å²) in [5, 5.41) is 58.7. The number of ether oxygens (including phenoxy) is 2. The number of carbonyl (C=O) groups excluding carboxylic acids is 8. The first-order valence-corrected chi connectivity index (χ1v) is 37.9. The molecule has 6 atom stereocenters. The molecule has 6 aliphatic heterocycles. The molecule has 4 saturated heterocycles. The molecule has 4 aromatic rings. The van der Waals surface area contributed by atoms with Gasteiger partial charge in [0.1, 0.15) is 57.8 Å². The standard InChI is InChI=1S/C63H84N20O14S4/c1-5-78-24-28-80(29-25-78)60(92)68-46(52(84)66-48-54(86)82-50(58(88)89)40(34-100-56(48)82)32-98-36-44-70-72-74-76(44)3)38-14-18-42(19-15-38)96-62(94)64-22-12-10-8-7-9-11-13-23-65-63(95)97-43-20-16-39(17-21-43)47(69-61(93)81-30-26-79(6-2)27-31-81)53(85)67-49-55(87)83-51(59(90)91)41(35-101-57(49)83)33-99-37-45-71-73-75-77(45)4/h14-21,46-49,56-57H,5-13,22-37H2,1-4H3,(H,64,94)(H,65,95)(H,66,84)(H,67,85)(H,68,92)(H,69,93)(H,88,89)(H,90,91). The van der Waals surface area contributed by atoms with Crippen LogP contribution in [0.5, 0.6) is 11.5 Å². The van der Waals surface area contributed by atoms with Crippen molar-refractivity contribution in [1.82, 2.24) is 102 Å². The Morgan fingerprint density at radius 2 is 0.901 bits per heavy atom. The number of aryl methyl sites for hydroxylation is 2. The molecule has 0 bridgehead atoms. The van der Waals surface area contributed by atoms with Crippen LogP contribution < -0.4 is 41.4 Å². The first-order chi connectivity index (χ1) is 48.8. The van der Waals surface area contributed by atoms with Crippen molar-refractivity contribution < 1.29 is 67.6 Å². The van der Waals surface area contributed by atoms with Crippen LogP contribution in [0.1, 0.15) is 93.7 Å². The number of amides is 10. The number of fused-ring (bicyclic) bond motifs is 2. The molecule has 6 aliphatic rings. The summed E-state index contributed by atoms with van der Waals surface area (Å²) in [6, 6.07) is 6.62. The minimum atomic E-state index is -1.27. The van der Waals surface area contributed by atoms with Crippen molar-refractivity contribution in [3.8, 4) is 11.5 Å². The average molecular weight is 1470 g/mol. The van der Waals surface area contributed by atoms with E-state index in [-0.39, 0.29) is 22.9 Å². The number of hydrogen-bond donors (Lipinski definition) is 8. The molecule has 0 aliphatic carbocycles. The van der Waals surface area contributed by atoms with Gasteiger partial charge in [-0.05, 0) is 93.3 Å². The highest BCUT2D eigenvalue weighted by molar-refractivity contribution is 8.01. The van der Waals surface area contributed by atoms with Crippen molar-refractivity contribution in [3.05, 3.63) is 93.8 Å². The van der Waals surface area contributed by atoms with Crippen molar-refractivity contribution in [2.75, 3.05) is 102 Å². The number of rotatable bonds is 32. The molecule has 101 heavy (non-hydrogen) atoms. The quantitative estimate of drug-likeness (QED) is 0.0257. The summed E-state index contributed by atoms with van der Waals surface area (Å²) < 4.78 is 14.1. The van der Waals surface area contributed by atoms with Crippen molar-refractivity contribution >= 4 is 107 Å². The Morgan fingerprint density at radius 1 is 0.535 bits per heavy atom. The largest absolute Gasteiger partial charge is 0.477 e. The van der Waals surface area contributed by atoms with E-state index in [0.29, 0.717) is 147 Å². The van der Waals surface area contributed by atoms with Gasteiger partial charge in [-0.25, -0.2) is 38.1 Å². The van der Waals surface area contributed by atoms with Crippen LogP contribution in [0.2, 0.25) is 0 Å². The van der Waals surface area contributed by atoms with Crippen LogP contribution >= 0.6 is 47.0 Å². The van der Waals surface area contributed by atoms with Gasteiger partial charge in [-0.15, -0.1) is 57.2 Å². The van der Waals surface area contributed by atoms with E-state index >= 15 is 0 Å². The number of carbonyl (C=O) groups is 10. The lowest BCUT2D eigenvalue weighted by atomic mass is 10.0. The Balaban J connectivity index is 0.627. The highest BCUT2D eigenvalue weighted by Crippen LogP contribution is 2.43. The summed E-state index contributed by atoms with van der Waals surface area (Å²) >= 11 is 5.51. The molecule has 0 spiro atoms. The van der Waals surface area contributed by atoms with Crippen molar-refractivity contribution in [3.63, 3.8) is 0 Å². The van der Waals surface area contributed by atoms with Crippen LogP contribution in [0.3, 0.4) is 0 Å². The van der Waals surface area contributed by atoms with E-state index in [1.165, 1.54) is 90.5 Å². The zero-order valence-electron chi connectivity index (χ0n) is 56.4. The van der Waals surface area contributed by atoms with Gasteiger partial charge < -0.3 is 71.2 Å². The predicted octanol–water partition coefficient (Wildman–Crippen LogP) is 2.46. The lowest BCUT2D eigenvalue weighted by Crippen LogP contribution is -2.71. The van der Waals surface area contributed by atoms with E-state index < -0.39 is 94.7 Å². The summed E-state index contributed by atoms with van der Waals surface area (Å²) in [5.74, 6) is -1.34. The van der Waals surface area contributed by atoms with Crippen molar-refractivity contribution in [2.45, 2.75) is 105 Å². The van der Waals surface area contributed by atoms with Gasteiger partial charge in [0.15, 0.2) is 11.6 Å². The van der Waals surface area contributed by atoms with Crippen LogP contribution in [0, 0.1) is 0 Å². The molecule has 0 radical (unpaired) electrons. The van der Waals surface area contributed by atoms with Crippen LogP contribution in [0.4, 0.5) is 19.2 Å². The fraction of sp³-hybridized carbons (Fsp3) is 0.556. The lowest BCUT2D eigenvalue weighted by molar-refractivity contribution is -0.151. The average Bonchev–Trinajstić information content (AvgIpc) is 1.06. The zero-order chi connectivity index (χ0) is 71.7. The molecule has 0 saturated carbocycles. The number of likely N-dealkylation sites (N-methyl/N-ethyl adjacent to an activating group) is 2. The SMILES string of the molecule is CCN1CCN(C(=O)NC(C(=O)NC2C(=O)N3C(C(=O)O)=C(CSCc4nnnn4C)CSC23)c2ccc(OC(=O)NCCCCCCCCCNC(=O)Oc3ccc(C(NC(=O)N4CCN(CC)CC4)C(=O)NC4C(=O)N5C(C(=O)O)=C(CSCc6nnnn6C)CSC45)cc3)cc2)CC1. The first kappa shape index (κ1) is 75.0. The minimum Gasteiger partial charge on any atom is -0.477 e. The first-order valence-electron chi connectivity index (χ1n) is 33.5. The number of aliphatic carboxylic acids is 2. The zero-order valence-corrected chi connectivity index (χ0v) is 59.7. The van der Waals surface area contributed by atoms with E-state index in [9.17, 15) is 58.2 Å². The smallest absolute Gasteiger partial charge is 0.412 e. The maximum Gasteiger partial charge on any atom is 0.412 e. The third-order valence-electron chi connectivity index (χ3n) is 18.0. The van der Waals surface area contributed by atoms with E-state index in [0.717, 1.165) is 45.2 Å². The van der Waals surface area contributed by atoms with Gasteiger partial charge in [0, 0.05) is 103 Å². The molecular formula is C63H84N20O14S4. The number of unbranched alkanes of at least 4 members (excludes halogenated alkanes) is 6. The Kier molecular flexibility index (Phi) is 26.5. The number of benzene rings is 2. The molecular weight excluding hydrogens is 1390 g/mol. The fourth-order valence-corrected chi connectivity index (χ4v) is 17.1. The Bertz CT molecular complexity index is 3480. The number of carboxylic acid groups (broad SMARTS) is 2. The van der Waals surface area contributed by atoms with Crippen molar-refractivity contribution in [1.29, 1.82) is 0 Å². The van der Waals surface area contributed by atoms with Crippen LogP contribution in [0.25, 0.3) is 0 Å². The molecule has 2 aromatic heterocycles. The number of thioether (sulfide) groups is 4. The summed E-state index contributed by atoms with van der Waals surface area (Å²) in [7, 11) is 3.41. The van der Waals surface area contributed by atoms with Gasteiger partial charge in [-0.2, -0.15) is 0 Å². The molecule has 8 heterocycles. The van der Waals surface area contributed by atoms with Crippen LogP contribution in [0.15, 0.2) is 71.1 Å². The van der Waals surface area contributed by atoms with Gasteiger partial charge in [-0.3, -0.25) is 29.0 Å². The number of aromatic nitrogens is 8. The molecule has 8 N–H and O–H groups in total. The second-order valence-electron chi connectivity index (χ2n) is 24.6. The fourth-order valence-electron chi connectivity index (χ4n) is 12.2. The molecule has 34 nitrogen and oxygen atoms in total. The highest BCUT2D eigenvalue weighted by atomic mass is 32.2. The van der Waals surface area contributed by atoms with Gasteiger partial charge in [-0.1, -0.05) is 70.2 Å². The van der Waals surface area contributed by atoms with Gasteiger partial charge in [0.05, 0.1) is 11.5 Å². The number of nitrogens with one attached hydrogen (secondary N) is 6. The molecule has 10 amide bonds. The number of β-lactam (4-membered cyclic amide) rings is 2. The van der Waals surface area contributed by atoms with E-state index in [4.69, 9.17) is 9.47 Å². The molecule has 544 valence electrons. The normalized spacial score (nSPS) is 19.8. The Labute approximate surface area is 599 Å². The number of hydrogen-bond acceptors (Lipinski definition) is 24. The number of urea groups is 2. The number of tetrazole rings is 2. The van der Waals surface area contributed by atoms with Gasteiger partial charge in [0.2, 0.25) is 11.8 Å². The van der Waals surface area contributed by atoms with Crippen molar-refractivity contribution in [2.24, 2.45) is 14.1 Å². The van der Waals surface area contributed by atoms with E-state index in [1.807, 2.05) is 13.8 Å². The lowest BCUT2D eigenvalue weighted by Gasteiger charge is -2.49. The number of piperazine rings is 2. The number of carboxylic acids is 2. The van der Waals surface area contributed by atoms with Crippen LogP contribution in [-0.2, 0) is 54.4 Å². The number of nitrogens with zero attached hydrogens (tertiary/aromatic N) is 14. The third-order valence-corrected chi connectivity index (χ3v) is 22.7.